The molecule has 0 aliphatic rings. The second-order valence-corrected chi connectivity index (χ2v) is 2.29. The highest BCUT2D eigenvalue weighted by Gasteiger charge is 2.13. The highest BCUT2D eigenvalue weighted by molar-refractivity contribution is 5.95. The third-order valence-electron chi connectivity index (χ3n) is 1.46. The van der Waals surface area contributed by atoms with E-state index in [-0.39, 0.29) is 11.3 Å². The summed E-state index contributed by atoms with van der Waals surface area (Å²) < 4.78 is 0. The number of nitrogen functional groups attached to an aromatic ring is 1. The van der Waals surface area contributed by atoms with Crippen molar-refractivity contribution < 1.29 is 14.7 Å². The average Bonchev–Trinajstić information content (AvgIpc) is 2.16. The maximum atomic E-state index is 11.1. The van der Waals surface area contributed by atoms with E-state index in [9.17, 15) is 14.9 Å². The Hall–Kier alpha value is -2.15. The summed E-state index contributed by atoms with van der Waals surface area (Å²) in [6.45, 7) is 0. The molecule has 0 fully saturated rings. The molecule has 3 N–H and O–H groups in total. The lowest BCUT2D eigenvalue weighted by Crippen LogP contribution is -2.15. The third kappa shape index (κ3) is 2.17. The Kier molecular flexibility index (Phi) is 2.97. The molecule has 7 heteroatoms. The molecular formula is C7H7N3O4. The van der Waals surface area contributed by atoms with Crippen molar-refractivity contribution in [3.05, 3.63) is 39.9 Å². The van der Waals surface area contributed by atoms with Crippen LogP contribution in [-0.2, 0) is 4.84 Å². The third-order valence-corrected chi connectivity index (χ3v) is 1.46. The highest BCUT2D eigenvalue weighted by atomic mass is 17.0. The van der Waals surface area contributed by atoms with E-state index in [0.717, 1.165) is 0 Å². The summed E-state index contributed by atoms with van der Waals surface area (Å²) in [6, 6.07) is 6.02. The molecule has 0 saturated carbocycles. The first-order valence-corrected chi connectivity index (χ1v) is 3.57. The fourth-order valence-corrected chi connectivity index (χ4v) is 0.904. The Bertz CT molecular complexity index is 366. The SMILES string of the molecule is NNc1ccccc1C(=O)O[N+](=O)[O-]. The van der Waals surface area contributed by atoms with Crippen LogP contribution < -0.4 is 11.3 Å². The minimum absolute atomic E-state index is 0.00620. The highest BCUT2D eigenvalue weighted by Crippen LogP contribution is 2.14. The van der Waals surface area contributed by atoms with E-state index in [4.69, 9.17) is 5.84 Å². The molecule has 1 aromatic carbocycles. The van der Waals surface area contributed by atoms with Gasteiger partial charge in [0.1, 0.15) is 0 Å². The summed E-state index contributed by atoms with van der Waals surface area (Å²) in [5.74, 6) is 4.03. The van der Waals surface area contributed by atoms with Crippen molar-refractivity contribution in [2.75, 3.05) is 5.43 Å². The van der Waals surface area contributed by atoms with Crippen LogP contribution in [0, 0.1) is 10.1 Å². The largest absolute Gasteiger partial charge is 0.336 e. The fourth-order valence-electron chi connectivity index (χ4n) is 0.904. The topological polar surface area (TPSA) is 107 Å². The number of nitrogens with one attached hydrogen (secondary N) is 1. The number of hydrazine groups is 1. The standard InChI is InChI=1S/C7H7N3O4/c8-9-6-4-2-1-3-5(6)7(11)14-10(12)13/h1-4,9H,8H2. The Balaban J connectivity index is 2.94. The van der Waals surface area contributed by atoms with Crippen molar-refractivity contribution in [2.24, 2.45) is 5.84 Å². The van der Waals surface area contributed by atoms with Gasteiger partial charge in [-0.2, -0.15) is 0 Å². The van der Waals surface area contributed by atoms with E-state index < -0.39 is 11.1 Å². The molecule has 0 radical (unpaired) electrons. The number of nitrogens with zero attached hydrogens (tertiary/aromatic N) is 1. The molecule has 0 amide bonds. The first-order chi connectivity index (χ1) is 6.65. The molecule has 0 saturated heterocycles. The molecule has 0 bridgehead atoms. The van der Waals surface area contributed by atoms with Gasteiger partial charge in [0, 0.05) is 0 Å². The predicted molar refractivity (Wildman–Crippen MR) is 46.7 cm³/mol. The zero-order chi connectivity index (χ0) is 10.6. The first kappa shape index (κ1) is 9.93. The van der Waals surface area contributed by atoms with Crippen molar-refractivity contribution >= 4 is 11.7 Å². The molecule has 0 heterocycles. The van der Waals surface area contributed by atoms with Crippen LogP contribution in [0.15, 0.2) is 24.3 Å². The van der Waals surface area contributed by atoms with Crippen molar-refractivity contribution in [3.63, 3.8) is 0 Å². The fraction of sp³-hybridized carbons (Fsp3) is 0. The van der Waals surface area contributed by atoms with Gasteiger partial charge in [-0.25, -0.2) is 4.84 Å². The van der Waals surface area contributed by atoms with Crippen molar-refractivity contribution in [2.45, 2.75) is 0 Å². The van der Waals surface area contributed by atoms with E-state index in [0.29, 0.717) is 0 Å². The molecule has 0 aliphatic carbocycles. The number of anilines is 1. The molecule has 14 heavy (non-hydrogen) atoms. The number of benzene rings is 1. The summed E-state index contributed by atoms with van der Waals surface area (Å²) in [4.78, 5) is 24.7. The Morgan fingerprint density at radius 2 is 2.14 bits per heavy atom. The monoisotopic (exact) mass is 197 g/mol. The van der Waals surface area contributed by atoms with Gasteiger partial charge in [-0.15, -0.1) is 10.1 Å². The second-order valence-electron chi connectivity index (χ2n) is 2.29. The van der Waals surface area contributed by atoms with Crippen LogP contribution in [0.2, 0.25) is 0 Å². The van der Waals surface area contributed by atoms with Crippen molar-refractivity contribution in [1.29, 1.82) is 0 Å². The lowest BCUT2D eigenvalue weighted by molar-refractivity contribution is -0.727. The number of carbonyl (C=O) groups is 1. The van der Waals surface area contributed by atoms with Crippen LogP contribution in [0.3, 0.4) is 0 Å². The lowest BCUT2D eigenvalue weighted by atomic mass is 10.2. The van der Waals surface area contributed by atoms with Gasteiger partial charge in [0.15, 0.2) is 0 Å². The van der Waals surface area contributed by atoms with Gasteiger partial charge in [-0.05, 0) is 12.1 Å². The minimum Gasteiger partial charge on any atom is -0.323 e. The Morgan fingerprint density at radius 3 is 2.71 bits per heavy atom. The van der Waals surface area contributed by atoms with Gasteiger partial charge in [-0.3, -0.25) is 10.6 Å². The van der Waals surface area contributed by atoms with Gasteiger partial charge >= 0.3 is 11.1 Å². The summed E-state index contributed by atoms with van der Waals surface area (Å²) in [5, 5.41) is 8.72. The quantitative estimate of drug-likeness (QED) is 0.410. The van der Waals surface area contributed by atoms with Crippen LogP contribution in [-0.4, -0.2) is 11.1 Å². The zero-order valence-corrected chi connectivity index (χ0v) is 6.97. The maximum Gasteiger partial charge on any atom is 0.336 e. The minimum atomic E-state index is -1.17. The molecule has 0 spiro atoms. The molecule has 0 unspecified atom stereocenters. The van der Waals surface area contributed by atoms with Gasteiger partial charge in [-0.1, -0.05) is 12.1 Å². The second kappa shape index (κ2) is 4.19. The summed E-state index contributed by atoms with van der Waals surface area (Å²) in [6.07, 6.45) is 0. The molecule has 0 atom stereocenters. The Morgan fingerprint density at radius 1 is 1.50 bits per heavy atom. The molecule has 1 aromatic rings. The van der Waals surface area contributed by atoms with Crippen LogP contribution in [0.1, 0.15) is 10.4 Å². The van der Waals surface area contributed by atoms with Gasteiger partial charge in [0.25, 0.3) is 0 Å². The van der Waals surface area contributed by atoms with Crippen LogP contribution in [0.4, 0.5) is 5.69 Å². The molecule has 0 aromatic heterocycles. The summed E-state index contributed by atoms with van der Waals surface area (Å²) >= 11 is 0. The normalized spacial score (nSPS) is 9.21. The van der Waals surface area contributed by atoms with Gasteiger partial charge in [0.05, 0.1) is 11.3 Å². The number of para-hydroxylation sites is 1. The predicted octanol–water partition coefficient (Wildman–Crippen LogP) is 0.321. The molecule has 0 aliphatic heterocycles. The van der Waals surface area contributed by atoms with E-state index >= 15 is 0 Å². The average molecular weight is 197 g/mol. The van der Waals surface area contributed by atoms with E-state index in [1.807, 2.05) is 0 Å². The smallest absolute Gasteiger partial charge is 0.323 e. The Labute approximate surface area is 78.5 Å². The molecular weight excluding hydrogens is 190 g/mol. The van der Waals surface area contributed by atoms with Gasteiger partial charge < -0.3 is 5.43 Å². The van der Waals surface area contributed by atoms with E-state index in [1.165, 1.54) is 18.2 Å². The van der Waals surface area contributed by atoms with Crippen LogP contribution >= 0.6 is 0 Å². The maximum absolute atomic E-state index is 11.1. The van der Waals surface area contributed by atoms with Crippen molar-refractivity contribution in [1.82, 2.24) is 0 Å². The molecule has 7 nitrogen and oxygen atoms in total. The van der Waals surface area contributed by atoms with Crippen LogP contribution in [0.25, 0.3) is 0 Å². The summed E-state index contributed by atoms with van der Waals surface area (Å²) in [5.41, 5.74) is 2.50. The van der Waals surface area contributed by atoms with E-state index in [1.54, 1.807) is 6.07 Å². The number of hydrogen-bond donors (Lipinski definition) is 2. The van der Waals surface area contributed by atoms with Gasteiger partial charge in [0.2, 0.25) is 0 Å². The number of rotatable bonds is 3. The van der Waals surface area contributed by atoms with Crippen LogP contribution in [0.5, 0.6) is 0 Å². The number of carbonyl (C=O) groups excluding carboxylic acids is 1. The number of hydrogen-bond acceptors (Lipinski definition) is 6. The lowest BCUT2D eigenvalue weighted by Gasteiger charge is -2.04. The van der Waals surface area contributed by atoms with E-state index in [2.05, 4.69) is 10.3 Å². The number of nitrogens with two attached hydrogens (primary N) is 1. The van der Waals surface area contributed by atoms with Crippen molar-refractivity contribution in [3.8, 4) is 0 Å². The summed E-state index contributed by atoms with van der Waals surface area (Å²) in [7, 11) is 0. The molecule has 74 valence electrons. The molecule has 1 rings (SSSR count). The first-order valence-electron chi connectivity index (χ1n) is 3.57. The zero-order valence-electron chi connectivity index (χ0n) is 6.97.